The van der Waals surface area contributed by atoms with Crippen molar-refractivity contribution in [2.45, 2.75) is 32.8 Å². The van der Waals surface area contributed by atoms with Crippen LogP contribution < -0.4 is 4.74 Å². The van der Waals surface area contributed by atoms with Gasteiger partial charge >= 0.3 is 0 Å². The standard InChI is InChI=1S/C12H17BrO2/c1-9-8-10(4-5-11(9)13)15-7-6-12(2,3)14/h4-5,8,14H,6-7H2,1-3H3. The molecule has 84 valence electrons. The maximum absolute atomic E-state index is 9.51. The fourth-order valence-electron chi connectivity index (χ4n) is 1.13. The molecule has 0 fully saturated rings. The Morgan fingerprint density at radius 2 is 2.07 bits per heavy atom. The molecule has 15 heavy (non-hydrogen) atoms. The highest BCUT2D eigenvalue weighted by molar-refractivity contribution is 9.10. The monoisotopic (exact) mass is 272 g/mol. The molecule has 2 nitrogen and oxygen atoms in total. The number of halogens is 1. The molecule has 1 N–H and O–H groups in total. The molecule has 0 radical (unpaired) electrons. The van der Waals surface area contributed by atoms with Crippen LogP contribution >= 0.6 is 15.9 Å². The van der Waals surface area contributed by atoms with E-state index in [4.69, 9.17) is 4.74 Å². The van der Waals surface area contributed by atoms with Gasteiger partial charge in [-0.25, -0.2) is 0 Å². The number of hydrogen-bond donors (Lipinski definition) is 1. The van der Waals surface area contributed by atoms with Gasteiger partial charge in [-0.2, -0.15) is 0 Å². The molecule has 0 spiro atoms. The zero-order chi connectivity index (χ0) is 11.5. The van der Waals surface area contributed by atoms with E-state index in [2.05, 4.69) is 15.9 Å². The first-order valence-corrected chi connectivity index (χ1v) is 5.79. The van der Waals surface area contributed by atoms with E-state index in [0.29, 0.717) is 13.0 Å². The summed E-state index contributed by atoms with van der Waals surface area (Å²) in [6.07, 6.45) is 0.627. The van der Waals surface area contributed by atoms with Crippen molar-refractivity contribution in [1.82, 2.24) is 0 Å². The molecule has 1 rings (SSSR count). The van der Waals surface area contributed by atoms with Crippen molar-refractivity contribution < 1.29 is 9.84 Å². The van der Waals surface area contributed by atoms with E-state index < -0.39 is 5.60 Å². The van der Waals surface area contributed by atoms with E-state index in [1.807, 2.05) is 25.1 Å². The number of aliphatic hydroxyl groups is 1. The molecule has 0 saturated heterocycles. The summed E-state index contributed by atoms with van der Waals surface area (Å²) < 4.78 is 6.62. The van der Waals surface area contributed by atoms with Crippen LogP contribution in [0, 0.1) is 6.92 Å². The summed E-state index contributed by atoms with van der Waals surface area (Å²) in [6, 6.07) is 5.87. The maximum Gasteiger partial charge on any atom is 0.119 e. The summed E-state index contributed by atoms with van der Waals surface area (Å²) in [5, 5.41) is 9.51. The smallest absolute Gasteiger partial charge is 0.119 e. The molecule has 0 aliphatic carbocycles. The summed E-state index contributed by atoms with van der Waals surface area (Å²) in [5.41, 5.74) is 0.487. The molecule has 1 aromatic rings. The van der Waals surface area contributed by atoms with E-state index in [-0.39, 0.29) is 0 Å². The Bertz CT molecular complexity index is 329. The average molecular weight is 273 g/mol. The molecule has 0 aliphatic heterocycles. The highest BCUT2D eigenvalue weighted by Crippen LogP contribution is 2.22. The van der Waals surface area contributed by atoms with Gasteiger partial charge in [0.05, 0.1) is 12.2 Å². The highest BCUT2D eigenvalue weighted by Gasteiger charge is 2.12. The van der Waals surface area contributed by atoms with Gasteiger partial charge in [-0.1, -0.05) is 15.9 Å². The van der Waals surface area contributed by atoms with E-state index in [1.54, 1.807) is 13.8 Å². The molecule has 0 unspecified atom stereocenters. The van der Waals surface area contributed by atoms with Gasteiger partial charge in [0, 0.05) is 10.9 Å². The molecule has 1 aromatic carbocycles. The van der Waals surface area contributed by atoms with Gasteiger partial charge in [0.25, 0.3) is 0 Å². The van der Waals surface area contributed by atoms with Gasteiger partial charge < -0.3 is 9.84 Å². The number of rotatable bonds is 4. The van der Waals surface area contributed by atoms with Gasteiger partial charge in [-0.05, 0) is 44.5 Å². The Kier molecular flexibility index (Phi) is 4.17. The van der Waals surface area contributed by atoms with Crippen LogP contribution in [-0.4, -0.2) is 17.3 Å². The van der Waals surface area contributed by atoms with Crippen molar-refractivity contribution in [3.8, 4) is 5.75 Å². The number of hydrogen-bond acceptors (Lipinski definition) is 2. The van der Waals surface area contributed by atoms with Crippen molar-refractivity contribution in [2.75, 3.05) is 6.61 Å². The first kappa shape index (κ1) is 12.5. The lowest BCUT2D eigenvalue weighted by molar-refractivity contribution is 0.0553. The quantitative estimate of drug-likeness (QED) is 0.912. The van der Waals surface area contributed by atoms with E-state index in [1.165, 1.54) is 0 Å². The Balaban J connectivity index is 2.48. The molecule has 0 bridgehead atoms. The summed E-state index contributed by atoms with van der Waals surface area (Å²) >= 11 is 3.43. The number of benzene rings is 1. The minimum atomic E-state index is -0.662. The minimum absolute atomic E-state index is 0.532. The lowest BCUT2D eigenvalue weighted by Gasteiger charge is -2.17. The van der Waals surface area contributed by atoms with Crippen LogP contribution in [0.1, 0.15) is 25.8 Å². The van der Waals surface area contributed by atoms with Crippen LogP contribution in [0.5, 0.6) is 5.75 Å². The Morgan fingerprint density at radius 1 is 1.40 bits per heavy atom. The highest BCUT2D eigenvalue weighted by atomic mass is 79.9. The Morgan fingerprint density at radius 3 is 2.60 bits per heavy atom. The van der Waals surface area contributed by atoms with E-state index in [9.17, 15) is 5.11 Å². The topological polar surface area (TPSA) is 29.5 Å². The van der Waals surface area contributed by atoms with Crippen LogP contribution in [0.2, 0.25) is 0 Å². The Hall–Kier alpha value is -0.540. The SMILES string of the molecule is Cc1cc(OCCC(C)(C)O)ccc1Br. The third-order valence-electron chi connectivity index (χ3n) is 2.11. The zero-order valence-electron chi connectivity index (χ0n) is 9.38. The number of aryl methyl sites for hydroxylation is 1. The summed E-state index contributed by atoms with van der Waals surface area (Å²) in [6.45, 7) is 6.11. The minimum Gasteiger partial charge on any atom is -0.493 e. The molecular formula is C12H17BrO2. The largest absolute Gasteiger partial charge is 0.493 e. The average Bonchev–Trinajstić information content (AvgIpc) is 2.09. The van der Waals surface area contributed by atoms with Crippen molar-refractivity contribution in [1.29, 1.82) is 0 Å². The summed E-state index contributed by atoms with van der Waals surface area (Å²) in [7, 11) is 0. The lowest BCUT2D eigenvalue weighted by Crippen LogP contribution is -2.21. The lowest BCUT2D eigenvalue weighted by atomic mass is 10.1. The maximum atomic E-state index is 9.51. The fraction of sp³-hybridized carbons (Fsp3) is 0.500. The second-order valence-corrected chi connectivity index (χ2v) is 5.18. The number of ether oxygens (including phenoxy) is 1. The van der Waals surface area contributed by atoms with Gasteiger partial charge in [0.15, 0.2) is 0 Å². The molecule has 0 aromatic heterocycles. The van der Waals surface area contributed by atoms with Crippen molar-refractivity contribution in [3.05, 3.63) is 28.2 Å². The normalized spacial score (nSPS) is 11.5. The Labute approximate surface area is 99.4 Å². The predicted octanol–water partition coefficient (Wildman–Crippen LogP) is 3.30. The van der Waals surface area contributed by atoms with Crippen LogP contribution in [0.25, 0.3) is 0 Å². The molecule has 0 aliphatic rings. The zero-order valence-corrected chi connectivity index (χ0v) is 11.0. The first-order valence-electron chi connectivity index (χ1n) is 5.00. The summed E-state index contributed by atoms with van der Waals surface area (Å²) in [4.78, 5) is 0. The van der Waals surface area contributed by atoms with Gasteiger partial charge in [-0.15, -0.1) is 0 Å². The van der Waals surface area contributed by atoms with Gasteiger partial charge in [0.2, 0.25) is 0 Å². The van der Waals surface area contributed by atoms with E-state index >= 15 is 0 Å². The van der Waals surface area contributed by atoms with Crippen molar-refractivity contribution in [3.63, 3.8) is 0 Å². The molecular weight excluding hydrogens is 256 g/mol. The third kappa shape index (κ3) is 4.67. The van der Waals surface area contributed by atoms with Crippen LogP contribution in [0.15, 0.2) is 22.7 Å². The first-order chi connectivity index (χ1) is 6.88. The molecule has 0 saturated carbocycles. The van der Waals surface area contributed by atoms with Gasteiger partial charge in [-0.3, -0.25) is 0 Å². The van der Waals surface area contributed by atoms with Crippen LogP contribution in [0.4, 0.5) is 0 Å². The molecule has 3 heteroatoms. The summed E-state index contributed by atoms with van der Waals surface area (Å²) in [5.74, 6) is 0.847. The predicted molar refractivity (Wildman–Crippen MR) is 65.3 cm³/mol. The van der Waals surface area contributed by atoms with E-state index in [0.717, 1.165) is 15.8 Å². The second kappa shape index (κ2) is 4.99. The van der Waals surface area contributed by atoms with Crippen LogP contribution in [0.3, 0.4) is 0 Å². The molecule has 0 atom stereocenters. The third-order valence-corrected chi connectivity index (χ3v) is 3.00. The molecule has 0 heterocycles. The fourth-order valence-corrected chi connectivity index (χ4v) is 1.37. The van der Waals surface area contributed by atoms with Crippen molar-refractivity contribution in [2.24, 2.45) is 0 Å². The van der Waals surface area contributed by atoms with Crippen LogP contribution in [-0.2, 0) is 0 Å². The molecule has 0 amide bonds. The van der Waals surface area contributed by atoms with Gasteiger partial charge in [0.1, 0.15) is 5.75 Å². The van der Waals surface area contributed by atoms with Crippen molar-refractivity contribution >= 4 is 15.9 Å². The second-order valence-electron chi connectivity index (χ2n) is 4.32.